The average Bonchev–Trinajstić information content (AvgIpc) is 3.16. The monoisotopic (exact) mass is 370 g/mol. The third-order valence-corrected chi connectivity index (χ3v) is 5.76. The topological polar surface area (TPSA) is 90.1 Å². The van der Waals surface area contributed by atoms with Gasteiger partial charge < -0.3 is 10.5 Å². The van der Waals surface area contributed by atoms with E-state index in [1.807, 2.05) is 36.6 Å². The normalized spacial score (nSPS) is 11.1. The number of rotatable bonds is 3. The Morgan fingerprint density at radius 2 is 2.12 bits per heavy atom. The Balaban J connectivity index is 1.78. The van der Waals surface area contributed by atoms with E-state index in [1.54, 1.807) is 7.11 Å². The number of benzene rings is 1. The molecule has 3 heterocycles. The number of carbonyl (C=O) groups is 1. The van der Waals surface area contributed by atoms with E-state index in [9.17, 15) is 4.79 Å². The molecule has 0 saturated heterocycles. The van der Waals surface area contributed by atoms with Crippen LogP contribution in [0.15, 0.2) is 29.6 Å². The predicted molar refractivity (Wildman–Crippen MR) is 103 cm³/mol. The molecule has 3 N–H and O–H groups in total. The van der Waals surface area contributed by atoms with Gasteiger partial charge in [-0.05, 0) is 31.2 Å². The number of hydrogen-bond donors (Lipinski definition) is 2. The number of nitrogens with one attached hydrogen (secondary N) is 1. The Kier molecular flexibility index (Phi) is 3.78. The number of ether oxygens (including phenoxy) is 1. The Morgan fingerprint density at radius 1 is 1.28 bits per heavy atom. The fraction of sp³-hybridized carbons (Fsp3) is 0.118. The maximum atomic E-state index is 12.5. The van der Waals surface area contributed by atoms with Crippen molar-refractivity contribution < 1.29 is 9.53 Å². The molecule has 0 aliphatic rings. The molecule has 6 nitrogen and oxygen atoms in total. The van der Waals surface area contributed by atoms with E-state index in [4.69, 9.17) is 10.5 Å². The Hall–Kier alpha value is -2.71. The summed E-state index contributed by atoms with van der Waals surface area (Å²) in [6, 6.07) is 7.59. The molecule has 0 aliphatic carbocycles. The summed E-state index contributed by atoms with van der Waals surface area (Å²) >= 11 is 2.66. The lowest BCUT2D eigenvalue weighted by atomic mass is 10.1. The number of carbonyl (C=O) groups excluding carboxylic acids is 1. The van der Waals surface area contributed by atoms with Crippen molar-refractivity contribution >= 4 is 60.5 Å². The van der Waals surface area contributed by atoms with Gasteiger partial charge in [0.1, 0.15) is 15.5 Å². The molecule has 4 rings (SSSR count). The standard InChI is InChI=1S/C17H14N4O2S2/c1-8-7-24-17(19-8)21-15(22)14-13(18)11-6-9-5-10(23-2)3-4-12(9)20-16(11)25-14/h3-7H,18H2,1-2H3,(H,19,21,22). The number of fused-ring (bicyclic) bond motifs is 2. The van der Waals surface area contributed by atoms with Crippen LogP contribution >= 0.6 is 22.7 Å². The van der Waals surface area contributed by atoms with Gasteiger partial charge in [0.25, 0.3) is 5.91 Å². The molecule has 0 aliphatic heterocycles. The average molecular weight is 370 g/mol. The zero-order valence-electron chi connectivity index (χ0n) is 13.5. The highest BCUT2D eigenvalue weighted by atomic mass is 32.1. The number of amides is 1. The molecule has 8 heteroatoms. The smallest absolute Gasteiger partial charge is 0.269 e. The number of aromatic nitrogens is 2. The SMILES string of the molecule is COc1ccc2nc3sc(C(=O)Nc4nc(C)cs4)c(N)c3cc2c1. The Labute approximate surface area is 151 Å². The van der Waals surface area contributed by atoms with Crippen LogP contribution in [0.5, 0.6) is 5.75 Å². The molecular formula is C17H14N4O2S2. The Morgan fingerprint density at radius 3 is 2.84 bits per heavy atom. The highest BCUT2D eigenvalue weighted by Crippen LogP contribution is 2.35. The third kappa shape index (κ3) is 2.79. The number of thiophene rings is 1. The number of nitrogens with two attached hydrogens (primary N) is 1. The quantitative estimate of drug-likeness (QED) is 0.568. The Bertz CT molecular complexity index is 1120. The van der Waals surface area contributed by atoms with Gasteiger partial charge in [0.2, 0.25) is 0 Å². The molecule has 1 aromatic carbocycles. The number of hydrogen-bond acceptors (Lipinski definition) is 7. The first kappa shape index (κ1) is 15.8. The highest BCUT2D eigenvalue weighted by molar-refractivity contribution is 7.21. The van der Waals surface area contributed by atoms with Gasteiger partial charge >= 0.3 is 0 Å². The molecule has 1 amide bonds. The van der Waals surface area contributed by atoms with Crippen LogP contribution in [-0.2, 0) is 0 Å². The summed E-state index contributed by atoms with van der Waals surface area (Å²) in [6.45, 7) is 1.88. The number of methoxy groups -OCH3 is 1. The minimum atomic E-state index is -0.267. The van der Waals surface area contributed by atoms with E-state index in [1.165, 1.54) is 22.7 Å². The molecule has 0 radical (unpaired) electrons. The lowest BCUT2D eigenvalue weighted by Crippen LogP contribution is -2.11. The number of nitrogens with zero attached hydrogens (tertiary/aromatic N) is 2. The number of anilines is 2. The molecule has 0 atom stereocenters. The first-order valence-electron chi connectivity index (χ1n) is 7.45. The maximum absolute atomic E-state index is 12.5. The lowest BCUT2D eigenvalue weighted by molar-refractivity contribution is 0.103. The minimum Gasteiger partial charge on any atom is -0.497 e. The molecule has 0 fully saturated rings. The van der Waals surface area contributed by atoms with E-state index in [0.717, 1.165) is 32.6 Å². The van der Waals surface area contributed by atoms with Crippen LogP contribution < -0.4 is 15.8 Å². The summed E-state index contributed by atoms with van der Waals surface area (Å²) in [7, 11) is 1.62. The maximum Gasteiger partial charge on any atom is 0.269 e. The summed E-state index contributed by atoms with van der Waals surface area (Å²) in [5.74, 6) is 0.482. The van der Waals surface area contributed by atoms with E-state index in [0.29, 0.717) is 15.7 Å². The number of nitrogen functional groups attached to an aromatic ring is 1. The molecule has 3 aromatic heterocycles. The number of aryl methyl sites for hydroxylation is 1. The van der Waals surface area contributed by atoms with Gasteiger partial charge in [0.15, 0.2) is 5.13 Å². The molecular weight excluding hydrogens is 356 g/mol. The van der Waals surface area contributed by atoms with Crippen molar-refractivity contribution in [1.29, 1.82) is 0 Å². The second-order valence-corrected chi connectivity index (χ2v) is 7.35. The molecule has 25 heavy (non-hydrogen) atoms. The van der Waals surface area contributed by atoms with Crippen molar-refractivity contribution in [2.24, 2.45) is 0 Å². The van der Waals surface area contributed by atoms with Crippen LogP contribution in [0.3, 0.4) is 0 Å². The third-order valence-electron chi connectivity index (χ3n) is 3.77. The van der Waals surface area contributed by atoms with Crippen molar-refractivity contribution in [3.63, 3.8) is 0 Å². The van der Waals surface area contributed by atoms with Crippen molar-refractivity contribution in [1.82, 2.24) is 9.97 Å². The summed E-state index contributed by atoms with van der Waals surface area (Å²) in [4.78, 5) is 22.6. The fourth-order valence-corrected chi connectivity index (χ4v) is 4.21. The predicted octanol–water partition coefficient (Wildman–Crippen LogP) is 4.06. The molecule has 0 saturated carbocycles. The number of thiazole rings is 1. The summed E-state index contributed by atoms with van der Waals surface area (Å²) in [6.07, 6.45) is 0. The van der Waals surface area contributed by atoms with Gasteiger partial charge in [-0.15, -0.1) is 22.7 Å². The second kappa shape index (κ2) is 5.98. The van der Waals surface area contributed by atoms with Crippen LogP contribution in [0.4, 0.5) is 10.8 Å². The van der Waals surface area contributed by atoms with E-state index >= 15 is 0 Å². The van der Waals surface area contributed by atoms with E-state index in [2.05, 4.69) is 15.3 Å². The second-order valence-electron chi connectivity index (χ2n) is 5.49. The van der Waals surface area contributed by atoms with Crippen molar-refractivity contribution in [2.75, 3.05) is 18.2 Å². The molecule has 0 unspecified atom stereocenters. The van der Waals surface area contributed by atoms with E-state index in [-0.39, 0.29) is 5.91 Å². The molecule has 4 aromatic rings. The number of pyridine rings is 1. The van der Waals surface area contributed by atoms with Crippen LogP contribution in [-0.4, -0.2) is 23.0 Å². The highest BCUT2D eigenvalue weighted by Gasteiger charge is 2.19. The fourth-order valence-electron chi connectivity index (χ4n) is 2.54. The lowest BCUT2D eigenvalue weighted by Gasteiger charge is -2.02. The molecule has 0 spiro atoms. The first-order chi connectivity index (χ1) is 12.0. The van der Waals surface area contributed by atoms with E-state index < -0.39 is 0 Å². The van der Waals surface area contributed by atoms with Crippen molar-refractivity contribution in [3.8, 4) is 5.75 Å². The van der Waals surface area contributed by atoms with Gasteiger partial charge in [-0.3, -0.25) is 10.1 Å². The van der Waals surface area contributed by atoms with Crippen LogP contribution in [0, 0.1) is 6.92 Å². The van der Waals surface area contributed by atoms with Gasteiger partial charge in [-0.25, -0.2) is 9.97 Å². The summed E-state index contributed by atoms with van der Waals surface area (Å²) < 4.78 is 5.25. The van der Waals surface area contributed by atoms with Gasteiger partial charge in [0, 0.05) is 16.2 Å². The van der Waals surface area contributed by atoms with Crippen molar-refractivity contribution in [3.05, 3.63) is 40.2 Å². The zero-order valence-corrected chi connectivity index (χ0v) is 15.1. The van der Waals surface area contributed by atoms with Gasteiger partial charge in [-0.2, -0.15) is 0 Å². The van der Waals surface area contributed by atoms with Crippen LogP contribution in [0.25, 0.3) is 21.1 Å². The van der Waals surface area contributed by atoms with Crippen molar-refractivity contribution in [2.45, 2.75) is 6.92 Å². The summed E-state index contributed by atoms with van der Waals surface area (Å²) in [5, 5.41) is 6.92. The first-order valence-corrected chi connectivity index (χ1v) is 9.15. The van der Waals surface area contributed by atoms with Gasteiger partial charge in [0.05, 0.1) is 24.0 Å². The zero-order chi connectivity index (χ0) is 17.6. The van der Waals surface area contributed by atoms with Gasteiger partial charge in [-0.1, -0.05) is 0 Å². The minimum absolute atomic E-state index is 0.267. The summed E-state index contributed by atoms with van der Waals surface area (Å²) in [5.41, 5.74) is 8.35. The molecule has 0 bridgehead atoms. The largest absolute Gasteiger partial charge is 0.497 e. The van der Waals surface area contributed by atoms with Crippen LogP contribution in [0.2, 0.25) is 0 Å². The van der Waals surface area contributed by atoms with Crippen LogP contribution in [0.1, 0.15) is 15.4 Å². The molecule has 126 valence electrons.